The smallest absolute Gasteiger partial charge is 0.111 e. The van der Waals surface area contributed by atoms with E-state index in [0.717, 1.165) is 0 Å². The molecule has 0 aromatic rings. The summed E-state index contributed by atoms with van der Waals surface area (Å²) in [4.78, 5) is 0. The molecule has 0 saturated heterocycles. The van der Waals surface area contributed by atoms with Crippen molar-refractivity contribution in [2.24, 2.45) is 0 Å². The highest BCUT2D eigenvalue weighted by atomic mass is 79.9. The van der Waals surface area contributed by atoms with Gasteiger partial charge in [-0.15, -0.1) is 0 Å². The van der Waals surface area contributed by atoms with Gasteiger partial charge in [-0.1, -0.05) is 15.9 Å². The molecule has 0 spiro atoms. The van der Waals surface area contributed by atoms with E-state index < -0.39 is 6.17 Å². The molecule has 0 aliphatic rings. The number of alkyl halides is 2. The number of nitriles is 1. The van der Waals surface area contributed by atoms with Gasteiger partial charge in [0.1, 0.15) is 6.17 Å². The van der Waals surface area contributed by atoms with Gasteiger partial charge in [-0.25, -0.2) is 4.39 Å². The zero-order chi connectivity index (χ0) is 6.41. The molecule has 0 rings (SSSR count). The molecule has 0 radical (unpaired) electrons. The van der Waals surface area contributed by atoms with E-state index in [0.29, 0.717) is 18.2 Å². The third kappa shape index (κ3) is 4.07. The molecule has 0 aromatic heterocycles. The molecule has 1 nitrogen and oxygen atoms in total. The molecule has 8 heavy (non-hydrogen) atoms. The molecular weight excluding hydrogens is 173 g/mol. The minimum atomic E-state index is -0.852. The van der Waals surface area contributed by atoms with E-state index in [2.05, 4.69) is 15.9 Å². The average molecular weight is 180 g/mol. The first-order valence-corrected chi connectivity index (χ1v) is 3.50. The predicted octanol–water partition coefficient (Wildman–Crippen LogP) is 2.02. The van der Waals surface area contributed by atoms with Gasteiger partial charge in [0.25, 0.3) is 0 Å². The molecular formula is C5H7BrFN. The van der Waals surface area contributed by atoms with E-state index in [4.69, 9.17) is 5.26 Å². The van der Waals surface area contributed by atoms with Crippen LogP contribution in [0, 0.1) is 11.3 Å². The van der Waals surface area contributed by atoms with Crippen molar-refractivity contribution >= 4 is 15.9 Å². The van der Waals surface area contributed by atoms with Gasteiger partial charge in [0.05, 0.1) is 6.07 Å². The summed E-state index contributed by atoms with van der Waals surface area (Å²) in [6.07, 6.45) is -0.191. The van der Waals surface area contributed by atoms with Crippen LogP contribution >= 0.6 is 15.9 Å². The molecule has 0 heterocycles. The van der Waals surface area contributed by atoms with Crippen molar-refractivity contribution in [2.45, 2.75) is 19.0 Å². The van der Waals surface area contributed by atoms with Crippen LogP contribution in [0.5, 0.6) is 0 Å². The fourth-order valence-electron chi connectivity index (χ4n) is 0.298. The van der Waals surface area contributed by atoms with E-state index in [1.54, 1.807) is 0 Å². The summed E-state index contributed by atoms with van der Waals surface area (Å²) in [5.74, 6) is 0. The number of hydrogen-bond acceptors (Lipinski definition) is 1. The van der Waals surface area contributed by atoms with Gasteiger partial charge in [0.2, 0.25) is 0 Å². The molecule has 0 saturated carbocycles. The largest absolute Gasteiger partial charge is 0.247 e. The van der Waals surface area contributed by atoms with Crippen LogP contribution in [0.2, 0.25) is 0 Å². The van der Waals surface area contributed by atoms with Gasteiger partial charge in [-0.2, -0.15) is 5.26 Å². The van der Waals surface area contributed by atoms with Crippen molar-refractivity contribution in [3.63, 3.8) is 0 Å². The molecule has 46 valence electrons. The van der Waals surface area contributed by atoms with Crippen molar-refractivity contribution < 1.29 is 4.39 Å². The fraction of sp³-hybridized carbons (Fsp3) is 0.800. The van der Waals surface area contributed by atoms with E-state index in [-0.39, 0.29) is 0 Å². The Morgan fingerprint density at radius 2 is 2.38 bits per heavy atom. The van der Waals surface area contributed by atoms with Gasteiger partial charge in [-0.3, -0.25) is 0 Å². The molecule has 0 unspecified atom stereocenters. The van der Waals surface area contributed by atoms with Gasteiger partial charge >= 0.3 is 0 Å². The SMILES string of the molecule is N#CCC[C@H](F)CBr. The summed E-state index contributed by atoms with van der Waals surface area (Å²) in [5, 5.41) is 8.32. The van der Waals surface area contributed by atoms with Crippen LogP contribution in [0.3, 0.4) is 0 Å². The van der Waals surface area contributed by atoms with E-state index in [1.807, 2.05) is 6.07 Å². The number of nitrogens with zero attached hydrogens (tertiary/aromatic N) is 1. The minimum Gasteiger partial charge on any atom is -0.247 e. The highest BCUT2D eigenvalue weighted by Crippen LogP contribution is 2.03. The Bertz CT molecular complexity index is 88.9. The lowest BCUT2D eigenvalue weighted by Crippen LogP contribution is -1.99. The van der Waals surface area contributed by atoms with Crippen LogP contribution in [0.25, 0.3) is 0 Å². The van der Waals surface area contributed by atoms with Crippen LogP contribution in [-0.2, 0) is 0 Å². The van der Waals surface area contributed by atoms with Crippen molar-refractivity contribution in [3.05, 3.63) is 0 Å². The van der Waals surface area contributed by atoms with E-state index in [9.17, 15) is 4.39 Å². The summed E-state index contributed by atoms with van der Waals surface area (Å²) < 4.78 is 12.1. The maximum absolute atomic E-state index is 12.1. The van der Waals surface area contributed by atoms with E-state index >= 15 is 0 Å². The van der Waals surface area contributed by atoms with Gasteiger partial charge in [0, 0.05) is 11.8 Å². The highest BCUT2D eigenvalue weighted by molar-refractivity contribution is 9.09. The van der Waals surface area contributed by atoms with Gasteiger partial charge < -0.3 is 0 Å². The predicted molar refractivity (Wildman–Crippen MR) is 33.5 cm³/mol. The topological polar surface area (TPSA) is 23.8 Å². The monoisotopic (exact) mass is 179 g/mol. The summed E-state index contributed by atoms with van der Waals surface area (Å²) in [6, 6.07) is 1.87. The van der Waals surface area contributed by atoms with Crippen LogP contribution in [-0.4, -0.2) is 11.5 Å². The molecule has 0 bridgehead atoms. The Labute approximate surface area is 56.6 Å². The van der Waals surface area contributed by atoms with Gasteiger partial charge in [-0.05, 0) is 6.42 Å². The lowest BCUT2D eigenvalue weighted by molar-refractivity contribution is 0.352. The van der Waals surface area contributed by atoms with E-state index in [1.165, 1.54) is 0 Å². The summed E-state index contributed by atoms with van der Waals surface area (Å²) in [6.45, 7) is 0. The maximum Gasteiger partial charge on any atom is 0.111 e. The Balaban J connectivity index is 3.01. The first kappa shape index (κ1) is 7.90. The third-order valence-corrected chi connectivity index (χ3v) is 1.44. The first-order chi connectivity index (χ1) is 3.81. The molecule has 0 aliphatic carbocycles. The Hall–Kier alpha value is -0.100. The second-order valence-electron chi connectivity index (χ2n) is 1.45. The highest BCUT2D eigenvalue weighted by Gasteiger charge is 2.00. The van der Waals surface area contributed by atoms with Gasteiger partial charge in [0.15, 0.2) is 0 Å². The Morgan fingerprint density at radius 1 is 1.75 bits per heavy atom. The number of hydrogen-bond donors (Lipinski definition) is 0. The van der Waals surface area contributed by atoms with Crippen LogP contribution in [0.15, 0.2) is 0 Å². The number of halogens is 2. The normalized spacial score (nSPS) is 12.6. The molecule has 0 N–H and O–H groups in total. The lowest BCUT2D eigenvalue weighted by Gasteiger charge is -1.96. The number of rotatable bonds is 3. The second kappa shape index (κ2) is 5.04. The fourth-order valence-corrected chi connectivity index (χ4v) is 0.622. The zero-order valence-corrected chi connectivity index (χ0v) is 5.99. The van der Waals surface area contributed by atoms with Crippen LogP contribution in [0.4, 0.5) is 4.39 Å². The molecule has 1 atom stereocenters. The Morgan fingerprint density at radius 3 is 2.75 bits per heavy atom. The van der Waals surface area contributed by atoms with Crippen molar-refractivity contribution in [3.8, 4) is 6.07 Å². The quantitative estimate of drug-likeness (QED) is 0.609. The molecule has 0 fully saturated rings. The van der Waals surface area contributed by atoms with Crippen LogP contribution < -0.4 is 0 Å². The summed E-state index contributed by atoms with van der Waals surface area (Å²) in [5.41, 5.74) is 0. The van der Waals surface area contributed by atoms with Crippen molar-refractivity contribution in [1.82, 2.24) is 0 Å². The molecule has 3 heteroatoms. The zero-order valence-electron chi connectivity index (χ0n) is 4.40. The standard InChI is InChI=1S/C5H7BrFN/c6-4-5(7)2-1-3-8/h5H,1-2,4H2/t5-/m0/s1. The minimum absolute atomic E-state index is 0.312. The van der Waals surface area contributed by atoms with Crippen molar-refractivity contribution in [1.29, 1.82) is 5.26 Å². The second-order valence-corrected chi connectivity index (χ2v) is 2.10. The maximum atomic E-state index is 12.1. The average Bonchev–Trinajstić information content (AvgIpc) is 1.83. The third-order valence-electron chi connectivity index (χ3n) is 0.737. The first-order valence-electron chi connectivity index (χ1n) is 2.38. The molecule has 0 amide bonds. The van der Waals surface area contributed by atoms with Crippen molar-refractivity contribution in [2.75, 3.05) is 5.33 Å². The molecule has 0 aromatic carbocycles. The Kier molecular flexibility index (Phi) is 4.98. The lowest BCUT2D eigenvalue weighted by atomic mass is 10.2. The van der Waals surface area contributed by atoms with Crippen LogP contribution in [0.1, 0.15) is 12.8 Å². The summed E-state index contributed by atoms with van der Waals surface area (Å²) >= 11 is 2.96. The molecule has 0 aliphatic heterocycles. The summed E-state index contributed by atoms with van der Waals surface area (Å²) in [7, 11) is 0.